The van der Waals surface area contributed by atoms with Gasteiger partial charge in [-0.05, 0) is 70.3 Å². The fraction of sp³-hybridized carbons (Fsp3) is 0.179. The Morgan fingerprint density at radius 2 is 1.17 bits per heavy atom. The van der Waals surface area contributed by atoms with E-state index in [1.807, 2.05) is 42.5 Å². The van der Waals surface area contributed by atoms with Gasteiger partial charge in [-0.1, -0.05) is 120 Å². The van der Waals surface area contributed by atoms with Crippen LogP contribution in [-0.4, -0.2) is 29.1 Å². The number of nitrogens with zero attached hydrogens (tertiary/aromatic N) is 6. The van der Waals surface area contributed by atoms with Gasteiger partial charge in [-0.3, -0.25) is 19.9 Å². The minimum absolute atomic E-state index is 0. The predicted molar refractivity (Wildman–Crippen MR) is 258 cm³/mol. The predicted octanol–water partition coefficient (Wildman–Crippen LogP) is 14.4. The van der Waals surface area contributed by atoms with Crippen LogP contribution in [0.4, 0.5) is 0 Å². The Morgan fingerprint density at radius 1 is 0.562 bits per heavy atom. The molecule has 4 aromatic heterocycles. The van der Waals surface area contributed by atoms with Crippen LogP contribution in [0, 0.1) is 12.1 Å². The van der Waals surface area contributed by atoms with Crippen molar-refractivity contribution in [3.05, 3.63) is 181 Å². The van der Waals surface area contributed by atoms with E-state index in [9.17, 15) is 0 Å². The first-order valence-corrected chi connectivity index (χ1v) is 21.7. The molecule has 7 nitrogen and oxygen atoms in total. The number of benzene rings is 7. The molecule has 0 spiro atoms. The summed E-state index contributed by atoms with van der Waals surface area (Å²) in [6.45, 7) is 15.8. The quantitative estimate of drug-likeness (QED) is 0.155. The van der Waals surface area contributed by atoms with Gasteiger partial charge >= 0.3 is 0 Å². The minimum Gasteiger partial charge on any atom is -0.500 e. The normalized spacial score (nSPS) is 11.8. The van der Waals surface area contributed by atoms with Crippen molar-refractivity contribution in [1.29, 1.82) is 0 Å². The van der Waals surface area contributed by atoms with Gasteiger partial charge in [-0.2, -0.15) is 0 Å². The SMILES string of the molecule is CC(C)(C)c1ccccc1-n1c(-c2[c-]cccc2)nc2ccccc21.CC(C)c1cccc(C(C)C)c1-n1c(-c2[c-]ccc3c2oc2cc4nccnc4cc23)nc2ccccc21.[Ir]. The van der Waals surface area contributed by atoms with Crippen LogP contribution in [0.2, 0.25) is 0 Å². The van der Waals surface area contributed by atoms with Gasteiger partial charge in [0.25, 0.3) is 0 Å². The summed E-state index contributed by atoms with van der Waals surface area (Å²) in [5.41, 5.74) is 15.5. The average Bonchev–Trinajstić information content (AvgIpc) is 3.99. The number of furan rings is 1. The summed E-state index contributed by atoms with van der Waals surface area (Å²) in [6, 6.07) is 54.8. The fourth-order valence-electron chi connectivity index (χ4n) is 8.84. The zero-order chi connectivity index (χ0) is 43.4. The Morgan fingerprint density at radius 3 is 1.83 bits per heavy atom. The van der Waals surface area contributed by atoms with Crippen LogP contribution in [0.5, 0.6) is 0 Å². The monoisotopic (exact) mass is 1010 g/mol. The first-order chi connectivity index (χ1) is 30.6. The summed E-state index contributed by atoms with van der Waals surface area (Å²) in [4.78, 5) is 19.1. The topological polar surface area (TPSA) is 74.6 Å². The van der Waals surface area contributed by atoms with Crippen molar-refractivity contribution in [3.63, 3.8) is 0 Å². The zero-order valence-corrected chi connectivity index (χ0v) is 39.4. The Balaban J connectivity index is 0.000000174. The van der Waals surface area contributed by atoms with Gasteiger partial charge in [-0.25, -0.2) is 0 Å². The fourth-order valence-corrected chi connectivity index (χ4v) is 8.84. The number of para-hydroxylation sites is 6. The van der Waals surface area contributed by atoms with Crippen LogP contribution >= 0.6 is 0 Å². The third-order valence-electron chi connectivity index (χ3n) is 11.8. The van der Waals surface area contributed by atoms with E-state index >= 15 is 0 Å². The Kier molecular flexibility index (Phi) is 11.4. The van der Waals surface area contributed by atoms with E-state index < -0.39 is 0 Å². The zero-order valence-electron chi connectivity index (χ0n) is 37.0. The molecule has 64 heavy (non-hydrogen) atoms. The summed E-state index contributed by atoms with van der Waals surface area (Å²) in [5, 5.41) is 2.03. The van der Waals surface area contributed by atoms with E-state index in [2.05, 4.69) is 177 Å². The molecule has 0 fully saturated rings. The molecular formula is C56H48IrN6O-2. The molecule has 1 radical (unpaired) electrons. The summed E-state index contributed by atoms with van der Waals surface area (Å²) < 4.78 is 11.1. The third-order valence-corrected chi connectivity index (χ3v) is 11.8. The van der Waals surface area contributed by atoms with Gasteiger partial charge in [0.05, 0.1) is 50.3 Å². The summed E-state index contributed by atoms with van der Waals surface area (Å²) >= 11 is 0. The summed E-state index contributed by atoms with van der Waals surface area (Å²) in [6.07, 6.45) is 3.42. The number of imidazole rings is 2. The molecule has 319 valence electrons. The van der Waals surface area contributed by atoms with Crippen LogP contribution in [-0.2, 0) is 25.5 Å². The number of aromatic nitrogens is 6. The molecule has 8 heteroatoms. The van der Waals surface area contributed by atoms with Crippen molar-refractivity contribution in [2.45, 2.75) is 65.7 Å². The van der Waals surface area contributed by atoms with Gasteiger partial charge in [0.15, 0.2) is 0 Å². The molecule has 0 saturated carbocycles. The maximum atomic E-state index is 6.54. The van der Waals surface area contributed by atoms with E-state index in [1.165, 1.54) is 28.1 Å². The number of fused-ring (bicyclic) bond motifs is 6. The second kappa shape index (κ2) is 17.1. The van der Waals surface area contributed by atoms with E-state index in [-0.39, 0.29) is 25.5 Å². The average molecular weight is 1010 g/mol. The first-order valence-electron chi connectivity index (χ1n) is 21.7. The maximum absolute atomic E-state index is 6.54. The van der Waals surface area contributed by atoms with Crippen molar-refractivity contribution >= 4 is 55.0 Å². The molecule has 4 heterocycles. The second-order valence-corrected chi connectivity index (χ2v) is 17.7. The molecule has 0 amide bonds. The number of rotatable bonds is 6. The van der Waals surface area contributed by atoms with Crippen LogP contribution in [0.1, 0.15) is 77.0 Å². The van der Waals surface area contributed by atoms with E-state index in [0.717, 1.165) is 77.8 Å². The van der Waals surface area contributed by atoms with E-state index in [4.69, 9.17) is 14.4 Å². The van der Waals surface area contributed by atoms with Crippen LogP contribution < -0.4 is 0 Å². The van der Waals surface area contributed by atoms with E-state index in [1.54, 1.807) is 12.4 Å². The van der Waals surface area contributed by atoms with Gasteiger partial charge < -0.3 is 13.6 Å². The minimum atomic E-state index is 0. The summed E-state index contributed by atoms with van der Waals surface area (Å²) in [7, 11) is 0. The van der Waals surface area contributed by atoms with Crippen LogP contribution in [0.3, 0.4) is 0 Å². The first kappa shape index (κ1) is 42.6. The molecule has 0 aliphatic carbocycles. The molecule has 0 aliphatic heterocycles. The Hall–Kier alpha value is -6.73. The van der Waals surface area contributed by atoms with Crippen molar-refractivity contribution in [3.8, 4) is 34.2 Å². The van der Waals surface area contributed by atoms with Gasteiger partial charge in [0, 0.05) is 55.3 Å². The van der Waals surface area contributed by atoms with E-state index in [0.29, 0.717) is 11.8 Å². The number of hydrogen-bond acceptors (Lipinski definition) is 5. The Bertz CT molecular complexity index is 3440. The molecule has 0 bridgehead atoms. The standard InChI is InChI=1S/C33H27N4O.C23H21N2.Ir/c1-19(2)21-9-7-10-22(20(3)4)31(21)37-29-14-6-5-13-26(29)36-33(37)24-12-8-11-23-25-17-27-28(35-16-15-34-27)18-30(25)38-32(23)24;1-23(2,3)18-13-7-9-15-20(18)25-21-16-10-8-14-19(21)24-22(25)17-11-5-4-6-12-17;/h5-11,13-20H,1-4H3;4-11,13-16H,1-3H3;/q2*-1;. The van der Waals surface area contributed by atoms with Crippen molar-refractivity contribution < 1.29 is 24.5 Å². The van der Waals surface area contributed by atoms with Crippen molar-refractivity contribution in [1.82, 2.24) is 29.1 Å². The molecule has 0 aliphatic rings. The molecule has 11 rings (SSSR count). The molecule has 7 aromatic carbocycles. The molecule has 0 unspecified atom stereocenters. The molecule has 0 atom stereocenters. The molecular weight excluding hydrogens is 965 g/mol. The molecule has 0 N–H and O–H groups in total. The van der Waals surface area contributed by atoms with Crippen LogP contribution in [0.15, 0.2) is 156 Å². The van der Waals surface area contributed by atoms with Crippen molar-refractivity contribution in [2.24, 2.45) is 0 Å². The van der Waals surface area contributed by atoms with Crippen LogP contribution in [0.25, 0.3) is 89.2 Å². The van der Waals surface area contributed by atoms with Gasteiger partial charge in [0.2, 0.25) is 0 Å². The van der Waals surface area contributed by atoms with Crippen molar-refractivity contribution in [2.75, 3.05) is 0 Å². The second-order valence-electron chi connectivity index (χ2n) is 17.7. The van der Waals surface area contributed by atoms with Gasteiger partial charge in [0.1, 0.15) is 5.58 Å². The number of hydrogen-bond donors (Lipinski definition) is 0. The largest absolute Gasteiger partial charge is 0.500 e. The molecule has 11 aromatic rings. The summed E-state index contributed by atoms with van der Waals surface area (Å²) in [5.74, 6) is 2.44. The van der Waals surface area contributed by atoms with Gasteiger partial charge in [-0.15, -0.1) is 54.1 Å². The maximum Gasteiger partial charge on any atom is 0.123 e. The third kappa shape index (κ3) is 7.51. The Labute approximate surface area is 387 Å². The smallest absolute Gasteiger partial charge is 0.123 e. The molecule has 0 saturated heterocycles.